The standard InChI is InChI=1S/C10H16N4OS/c1-6(2)9(10(11)15)14-7-4-8(16-3)13-5-12-7/h4-6,9H,1-3H3,(H2,11,15)(H,12,13,14). The first-order chi connectivity index (χ1) is 7.54. The quantitative estimate of drug-likeness (QED) is 0.595. The van der Waals surface area contributed by atoms with Gasteiger partial charge in [-0.15, -0.1) is 11.8 Å². The highest BCUT2D eigenvalue weighted by atomic mass is 32.2. The van der Waals surface area contributed by atoms with Crippen LogP contribution in [0, 0.1) is 5.92 Å². The predicted molar refractivity (Wildman–Crippen MR) is 65.3 cm³/mol. The molecule has 0 bridgehead atoms. The normalized spacial score (nSPS) is 12.5. The molecule has 1 unspecified atom stereocenters. The molecule has 0 spiro atoms. The average molecular weight is 240 g/mol. The summed E-state index contributed by atoms with van der Waals surface area (Å²) in [6.07, 6.45) is 3.40. The second-order valence-corrected chi connectivity index (χ2v) is 4.54. The van der Waals surface area contributed by atoms with Crippen LogP contribution >= 0.6 is 11.8 Å². The molecular formula is C10H16N4OS. The number of carbonyl (C=O) groups is 1. The van der Waals surface area contributed by atoms with E-state index in [-0.39, 0.29) is 11.8 Å². The van der Waals surface area contributed by atoms with E-state index in [1.807, 2.05) is 20.1 Å². The Kier molecular flexibility index (Phi) is 4.54. The number of amides is 1. The van der Waals surface area contributed by atoms with Crippen molar-refractivity contribution < 1.29 is 4.79 Å². The molecule has 0 saturated carbocycles. The second-order valence-electron chi connectivity index (χ2n) is 3.71. The minimum Gasteiger partial charge on any atom is -0.368 e. The van der Waals surface area contributed by atoms with Crippen LogP contribution in [-0.2, 0) is 4.79 Å². The SMILES string of the molecule is CSc1cc(NC(C(N)=O)C(C)C)ncn1. The van der Waals surface area contributed by atoms with Crippen molar-refractivity contribution in [1.82, 2.24) is 9.97 Å². The first kappa shape index (κ1) is 12.8. The fraction of sp³-hybridized carbons (Fsp3) is 0.500. The number of carbonyl (C=O) groups excluding carboxylic acids is 1. The van der Waals surface area contributed by atoms with Gasteiger partial charge in [-0.1, -0.05) is 13.8 Å². The molecule has 0 aliphatic heterocycles. The summed E-state index contributed by atoms with van der Waals surface area (Å²) in [5, 5.41) is 3.86. The summed E-state index contributed by atoms with van der Waals surface area (Å²) < 4.78 is 0. The third-order valence-electron chi connectivity index (χ3n) is 2.13. The van der Waals surface area contributed by atoms with E-state index in [0.29, 0.717) is 5.82 Å². The van der Waals surface area contributed by atoms with E-state index in [1.54, 1.807) is 6.07 Å². The molecule has 0 aromatic carbocycles. The molecule has 1 aromatic rings. The summed E-state index contributed by atoms with van der Waals surface area (Å²) in [4.78, 5) is 19.3. The van der Waals surface area contributed by atoms with Crippen LogP contribution in [0.3, 0.4) is 0 Å². The molecule has 6 heteroatoms. The number of anilines is 1. The van der Waals surface area contributed by atoms with Crippen LogP contribution in [0.1, 0.15) is 13.8 Å². The fourth-order valence-electron chi connectivity index (χ4n) is 1.26. The second kappa shape index (κ2) is 5.69. The number of rotatable bonds is 5. The Morgan fingerprint density at radius 2 is 2.19 bits per heavy atom. The largest absolute Gasteiger partial charge is 0.368 e. The van der Waals surface area contributed by atoms with Crippen LogP contribution in [0.15, 0.2) is 17.4 Å². The van der Waals surface area contributed by atoms with Gasteiger partial charge in [-0.3, -0.25) is 4.79 Å². The minimum atomic E-state index is -0.412. The first-order valence-corrected chi connectivity index (χ1v) is 6.19. The van der Waals surface area contributed by atoms with Crippen molar-refractivity contribution in [2.45, 2.75) is 24.9 Å². The fourth-order valence-corrected chi connectivity index (χ4v) is 1.64. The summed E-state index contributed by atoms with van der Waals surface area (Å²) in [5.41, 5.74) is 5.31. The zero-order valence-corrected chi connectivity index (χ0v) is 10.4. The van der Waals surface area contributed by atoms with Gasteiger partial charge in [0.15, 0.2) is 0 Å². The lowest BCUT2D eigenvalue weighted by Gasteiger charge is -2.19. The zero-order chi connectivity index (χ0) is 12.1. The highest BCUT2D eigenvalue weighted by molar-refractivity contribution is 7.98. The van der Waals surface area contributed by atoms with Crippen molar-refractivity contribution in [3.63, 3.8) is 0 Å². The Balaban J connectivity index is 2.81. The van der Waals surface area contributed by atoms with Gasteiger partial charge in [0.2, 0.25) is 5.91 Å². The van der Waals surface area contributed by atoms with E-state index in [0.717, 1.165) is 5.03 Å². The van der Waals surface area contributed by atoms with Gasteiger partial charge in [0.25, 0.3) is 0 Å². The van der Waals surface area contributed by atoms with Crippen molar-refractivity contribution in [3.05, 3.63) is 12.4 Å². The number of hydrogen-bond donors (Lipinski definition) is 2. The number of hydrogen-bond acceptors (Lipinski definition) is 5. The first-order valence-electron chi connectivity index (χ1n) is 4.96. The lowest BCUT2D eigenvalue weighted by Crippen LogP contribution is -2.39. The summed E-state index contributed by atoms with van der Waals surface area (Å²) in [6, 6.07) is 1.38. The van der Waals surface area contributed by atoms with Crippen molar-refractivity contribution in [2.75, 3.05) is 11.6 Å². The van der Waals surface area contributed by atoms with Crippen LogP contribution in [0.4, 0.5) is 5.82 Å². The third-order valence-corrected chi connectivity index (χ3v) is 2.77. The summed E-state index contributed by atoms with van der Waals surface area (Å²) in [5.74, 6) is 0.362. The lowest BCUT2D eigenvalue weighted by molar-refractivity contribution is -0.119. The highest BCUT2D eigenvalue weighted by Gasteiger charge is 2.19. The summed E-state index contributed by atoms with van der Waals surface area (Å²) in [6.45, 7) is 3.86. The van der Waals surface area contributed by atoms with E-state index < -0.39 is 6.04 Å². The Labute approximate surface area is 99.2 Å². The molecule has 0 fully saturated rings. The van der Waals surface area contributed by atoms with E-state index in [1.165, 1.54) is 18.1 Å². The molecule has 1 heterocycles. The molecule has 0 aliphatic rings. The maximum atomic E-state index is 11.2. The smallest absolute Gasteiger partial charge is 0.240 e. The maximum Gasteiger partial charge on any atom is 0.240 e. The molecule has 3 N–H and O–H groups in total. The highest BCUT2D eigenvalue weighted by Crippen LogP contribution is 2.15. The topological polar surface area (TPSA) is 80.9 Å². The van der Waals surface area contributed by atoms with Gasteiger partial charge in [0, 0.05) is 6.07 Å². The maximum absolute atomic E-state index is 11.2. The van der Waals surface area contributed by atoms with E-state index in [2.05, 4.69) is 15.3 Å². The Morgan fingerprint density at radius 3 is 2.69 bits per heavy atom. The Morgan fingerprint density at radius 1 is 1.50 bits per heavy atom. The molecule has 1 aromatic heterocycles. The van der Waals surface area contributed by atoms with Gasteiger partial charge in [0.1, 0.15) is 23.2 Å². The zero-order valence-electron chi connectivity index (χ0n) is 9.60. The van der Waals surface area contributed by atoms with Gasteiger partial charge in [-0.05, 0) is 12.2 Å². The van der Waals surface area contributed by atoms with Crippen LogP contribution in [0.5, 0.6) is 0 Å². The molecule has 1 atom stereocenters. The number of nitrogens with two attached hydrogens (primary N) is 1. The number of thioether (sulfide) groups is 1. The van der Waals surface area contributed by atoms with Gasteiger partial charge < -0.3 is 11.1 Å². The molecule has 5 nitrogen and oxygen atoms in total. The van der Waals surface area contributed by atoms with E-state index in [9.17, 15) is 4.79 Å². The Bertz CT molecular complexity index is 370. The van der Waals surface area contributed by atoms with Crippen molar-refractivity contribution in [3.8, 4) is 0 Å². The van der Waals surface area contributed by atoms with Crippen molar-refractivity contribution in [2.24, 2.45) is 11.7 Å². The molecule has 0 radical (unpaired) electrons. The molecule has 16 heavy (non-hydrogen) atoms. The summed E-state index contributed by atoms with van der Waals surface area (Å²) >= 11 is 1.52. The number of nitrogens with zero attached hydrogens (tertiary/aromatic N) is 2. The van der Waals surface area contributed by atoms with Gasteiger partial charge >= 0.3 is 0 Å². The molecular weight excluding hydrogens is 224 g/mol. The van der Waals surface area contributed by atoms with Crippen LogP contribution in [-0.4, -0.2) is 28.2 Å². The molecule has 0 saturated heterocycles. The third kappa shape index (κ3) is 3.37. The minimum absolute atomic E-state index is 0.116. The van der Waals surface area contributed by atoms with Gasteiger partial charge in [-0.2, -0.15) is 0 Å². The van der Waals surface area contributed by atoms with Crippen molar-refractivity contribution in [1.29, 1.82) is 0 Å². The van der Waals surface area contributed by atoms with Crippen LogP contribution < -0.4 is 11.1 Å². The number of primary amides is 1. The van der Waals surface area contributed by atoms with Crippen LogP contribution in [0.2, 0.25) is 0 Å². The van der Waals surface area contributed by atoms with Gasteiger partial charge in [0.05, 0.1) is 0 Å². The number of aromatic nitrogens is 2. The van der Waals surface area contributed by atoms with Crippen LogP contribution in [0.25, 0.3) is 0 Å². The Hall–Kier alpha value is -1.30. The average Bonchev–Trinajstić information content (AvgIpc) is 2.25. The predicted octanol–water partition coefficient (Wildman–Crippen LogP) is 1.12. The van der Waals surface area contributed by atoms with E-state index >= 15 is 0 Å². The molecule has 1 rings (SSSR count). The monoisotopic (exact) mass is 240 g/mol. The number of nitrogens with one attached hydrogen (secondary N) is 1. The molecule has 0 aliphatic carbocycles. The van der Waals surface area contributed by atoms with Crippen molar-refractivity contribution >= 4 is 23.5 Å². The molecule has 1 amide bonds. The van der Waals surface area contributed by atoms with Gasteiger partial charge in [-0.25, -0.2) is 9.97 Å². The molecule has 88 valence electrons. The van der Waals surface area contributed by atoms with E-state index in [4.69, 9.17) is 5.73 Å². The lowest BCUT2D eigenvalue weighted by atomic mass is 10.0. The summed E-state index contributed by atoms with van der Waals surface area (Å²) in [7, 11) is 0.